The second-order valence-corrected chi connectivity index (χ2v) is 8.20. The van der Waals surface area contributed by atoms with Crippen LogP contribution >= 0.6 is 0 Å². The van der Waals surface area contributed by atoms with E-state index in [9.17, 15) is 0 Å². The summed E-state index contributed by atoms with van der Waals surface area (Å²) in [4.78, 5) is 2.48. The minimum Gasteiger partial charge on any atom is -0.306 e. The number of nitrogens with zero attached hydrogens (tertiary/aromatic N) is 1. The highest BCUT2D eigenvalue weighted by molar-refractivity contribution is 4.79. The van der Waals surface area contributed by atoms with E-state index in [1.54, 1.807) is 0 Å². The summed E-state index contributed by atoms with van der Waals surface area (Å²) in [5.74, 6) is 3.79. The molecule has 0 spiro atoms. The van der Waals surface area contributed by atoms with Gasteiger partial charge in [0.05, 0.1) is 0 Å². The maximum Gasteiger partial charge on any atom is 0.0117 e. The molecule has 0 aliphatic heterocycles. The van der Waals surface area contributed by atoms with E-state index in [1.807, 2.05) is 0 Å². The third-order valence-electron chi connectivity index (χ3n) is 5.80. The zero-order chi connectivity index (χ0) is 15.8. The minimum atomic E-state index is 0.785. The quantitative estimate of drug-likeness (QED) is 0.505. The summed E-state index contributed by atoms with van der Waals surface area (Å²) in [7, 11) is 4.55. The van der Waals surface area contributed by atoms with E-state index in [2.05, 4.69) is 46.7 Å². The summed E-state index contributed by atoms with van der Waals surface area (Å²) in [5, 5.41) is 0. The molecule has 1 nitrogen and oxygen atoms in total. The Hall–Kier alpha value is -0.0400. The Kier molecular flexibility index (Phi) is 8.94. The molecule has 0 heterocycles. The van der Waals surface area contributed by atoms with Crippen LogP contribution in [0.15, 0.2) is 0 Å². The lowest BCUT2D eigenvalue weighted by Crippen LogP contribution is -2.36. The molecule has 21 heavy (non-hydrogen) atoms. The van der Waals surface area contributed by atoms with Crippen molar-refractivity contribution in [2.45, 2.75) is 91.5 Å². The standard InChI is InChI=1S/C20H41N/c1-7-10-20(21(5)6)19(8-2)15-17(4)14-18-12-9-11-16(3)13-18/h16-20H,7-15H2,1-6H3. The monoisotopic (exact) mass is 295 g/mol. The predicted octanol–water partition coefficient (Wildman–Crippen LogP) is 5.99. The van der Waals surface area contributed by atoms with E-state index >= 15 is 0 Å². The molecule has 126 valence electrons. The van der Waals surface area contributed by atoms with Crippen LogP contribution in [0.25, 0.3) is 0 Å². The maximum atomic E-state index is 2.51. The van der Waals surface area contributed by atoms with Crippen molar-refractivity contribution in [2.75, 3.05) is 14.1 Å². The van der Waals surface area contributed by atoms with Gasteiger partial charge in [-0.25, -0.2) is 0 Å². The van der Waals surface area contributed by atoms with Crippen LogP contribution in [-0.2, 0) is 0 Å². The molecule has 5 unspecified atom stereocenters. The average molecular weight is 296 g/mol. The van der Waals surface area contributed by atoms with Crippen LogP contribution in [0, 0.1) is 23.7 Å². The molecule has 1 aliphatic carbocycles. The molecular weight excluding hydrogens is 254 g/mol. The predicted molar refractivity (Wildman–Crippen MR) is 95.7 cm³/mol. The van der Waals surface area contributed by atoms with Gasteiger partial charge in [0.25, 0.3) is 0 Å². The van der Waals surface area contributed by atoms with Gasteiger partial charge in [0.15, 0.2) is 0 Å². The van der Waals surface area contributed by atoms with Gasteiger partial charge in [0, 0.05) is 6.04 Å². The third-order valence-corrected chi connectivity index (χ3v) is 5.80. The summed E-state index contributed by atoms with van der Waals surface area (Å²) in [6, 6.07) is 0.785. The lowest BCUT2D eigenvalue weighted by molar-refractivity contribution is 0.155. The molecule has 1 rings (SSSR count). The van der Waals surface area contributed by atoms with Gasteiger partial charge in [-0.2, -0.15) is 0 Å². The first-order valence-electron chi connectivity index (χ1n) is 9.64. The van der Waals surface area contributed by atoms with Crippen LogP contribution in [-0.4, -0.2) is 25.0 Å². The smallest absolute Gasteiger partial charge is 0.0117 e. The van der Waals surface area contributed by atoms with Gasteiger partial charge in [-0.1, -0.05) is 59.8 Å². The Morgan fingerprint density at radius 1 is 1.14 bits per heavy atom. The molecule has 0 aromatic heterocycles. The summed E-state index contributed by atoms with van der Waals surface area (Å²) in [6.07, 6.45) is 12.9. The minimum absolute atomic E-state index is 0.785. The van der Waals surface area contributed by atoms with E-state index in [0.717, 1.165) is 29.7 Å². The number of rotatable bonds is 9. The van der Waals surface area contributed by atoms with E-state index in [1.165, 1.54) is 57.8 Å². The zero-order valence-corrected chi connectivity index (χ0v) is 15.7. The molecule has 0 amide bonds. The van der Waals surface area contributed by atoms with Crippen LogP contribution in [0.4, 0.5) is 0 Å². The molecule has 1 fully saturated rings. The van der Waals surface area contributed by atoms with Crippen molar-refractivity contribution in [2.24, 2.45) is 23.7 Å². The van der Waals surface area contributed by atoms with Crippen LogP contribution in [0.5, 0.6) is 0 Å². The Morgan fingerprint density at radius 3 is 2.38 bits per heavy atom. The molecule has 0 aromatic rings. The molecule has 0 radical (unpaired) electrons. The van der Waals surface area contributed by atoms with Gasteiger partial charge in [-0.3, -0.25) is 0 Å². The summed E-state index contributed by atoms with van der Waals surface area (Å²) < 4.78 is 0. The zero-order valence-electron chi connectivity index (χ0n) is 15.7. The molecular formula is C20H41N. The topological polar surface area (TPSA) is 3.24 Å². The molecule has 0 N–H and O–H groups in total. The lowest BCUT2D eigenvalue weighted by atomic mass is 9.75. The van der Waals surface area contributed by atoms with Gasteiger partial charge in [0.2, 0.25) is 0 Å². The van der Waals surface area contributed by atoms with Crippen molar-refractivity contribution in [1.82, 2.24) is 4.90 Å². The second-order valence-electron chi connectivity index (χ2n) is 8.20. The van der Waals surface area contributed by atoms with Crippen LogP contribution in [0.3, 0.4) is 0 Å². The Labute approximate surface area is 134 Å². The van der Waals surface area contributed by atoms with Crippen molar-refractivity contribution in [3.05, 3.63) is 0 Å². The molecule has 1 saturated carbocycles. The van der Waals surface area contributed by atoms with E-state index in [-0.39, 0.29) is 0 Å². The van der Waals surface area contributed by atoms with E-state index < -0.39 is 0 Å². The number of hydrogen-bond donors (Lipinski definition) is 0. The maximum absolute atomic E-state index is 2.51. The van der Waals surface area contributed by atoms with Gasteiger partial charge in [0.1, 0.15) is 0 Å². The van der Waals surface area contributed by atoms with Crippen molar-refractivity contribution in [1.29, 1.82) is 0 Å². The first-order chi connectivity index (χ1) is 9.97. The van der Waals surface area contributed by atoms with Crippen LogP contribution < -0.4 is 0 Å². The Bertz CT molecular complexity index is 261. The first-order valence-corrected chi connectivity index (χ1v) is 9.64. The van der Waals surface area contributed by atoms with Gasteiger partial charge >= 0.3 is 0 Å². The summed E-state index contributed by atoms with van der Waals surface area (Å²) in [5.41, 5.74) is 0. The van der Waals surface area contributed by atoms with Crippen molar-refractivity contribution in [3.63, 3.8) is 0 Å². The fraction of sp³-hybridized carbons (Fsp3) is 1.00. The molecule has 1 heteroatoms. The normalized spacial score (nSPS) is 27.6. The fourth-order valence-electron chi connectivity index (χ4n) is 4.76. The summed E-state index contributed by atoms with van der Waals surface area (Å²) in [6.45, 7) is 9.69. The molecule has 0 aromatic carbocycles. The van der Waals surface area contributed by atoms with Crippen LogP contribution in [0.2, 0.25) is 0 Å². The van der Waals surface area contributed by atoms with Crippen molar-refractivity contribution >= 4 is 0 Å². The Balaban J connectivity index is 2.47. The number of hydrogen-bond acceptors (Lipinski definition) is 1. The molecule has 0 saturated heterocycles. The van der Waals surface area contributed by atoms with E-state index in [4.69, 9.17) is 0 Å². The van der Waals surface area contributed by atoms with Crippen molar-refractivity contribution in [3.8, 4) is 0 Å². The highest BCUT2D eigenvalue weighted by Gasteiger charge is 2.26. The van der Waals surface area contributed by atoms with Crippen LogP contribution in [0.1, 0.15) is 85.5 Å². The van der Waals surface area contributed by atoms with Gasteiger partial charge < -0.3 is 4.90 Å². The SMILES string of the molecule is CCCC(C(CC)CC(C)CC1CCCC(C)C1)N(C)C. The highest BCUT2D eigenvalue weighted by Crippen LogP contribution is 2.35. The first kappa shape index (κ1) is 19.0. The highest BCUT2D eigenvalue weighted by atomic mass is 15.1. The fourth-order valence-corrected chi connectivity index (χ4v) is 4.76. The molecule has 5 atom stereocenters. The van der Waals surface area contributed by atoms with Crippen molar-refractivity contribution < 1.29 is 0 Å². The lowest BCUT2D eigenvalue weighted by Gasteiger charge is -2.35. The summed E-state index contributed by atoms with van der Waals surface area (Å²) >= 11 is 0. The molecule has 0 bridgehead atoms. The molecule has 1 aliphatic rings. The largest absolute Gasteiger partial charge is 0.306 e. The van der Waals surface area contributed by atoms with Gasteiger partial charge in [-0.15, -0.1) is 0 Å². The van der Waals surface area contributed by atoms with E-state index in [0.29, 0.717) is 0 Å². The third kappa shape index (κ3) is 6.72. The second kappa shape index (κ2) is 9.87. The van der Waals surface area contributed by atoms with Gasteiger partial charge in [-0.05, 0) is 63.5 Å². The average Bonchev–Trinajstić information content (AvgIpc) is 2.42. The Morgan fingerprint density at radius 2 is 1.86 bits per heavy atom.